The van der Waals surface area contributed by atoms with E-state index in [1.165, 1.54) is 29.2 Å². The van der Waals surface area contributed by atoms with Crippen LogP contribution in [0.15, 0.2) is 58.5 Å². The quantitative estimate of drug-likeness (QED) is 0.359. The molecule has 4 aromatic heterocycles. The van der Waals surface area contributed by atoms with E-state index in [-0.39, 0.29) is 32.9 Å². The summed E-state index contributed by atoms with van der Waals surface area (Å²) in [4.78, 5) is 35.1. The van der Waals surface area contributed by atoms with Crippen LogP contribution in [0.5, 0.6) is 5.75 Å². The van der Waals surface area contributed by atoms with Gasteiger partial charge in [-0.3, -0.25) is 23.7 Å². The summed E-state index contributed by atoms with van der Waals surface area (Å²) in [5, 5.41) is 9.13. The molecule has 0 fully saturated rings. The van der Waals surface area contributed by atoms with Gasteiger partial charge in [-0.05, 0) is 51.5 Å². The average molecular weight is 569 g/mol. The number of ether oxygens (including phenoxy) is 1. The Labute approximate surface area is 235 Å². The maximum atomic E-state index is 13.5. The Balaban J connectivity index is 1.81. The van der Waals surface area contributed by atoms with Crippen LogP contribution in [0.3, 0.4) is 0 Å². The van der Waals surface area contributed by atoms with Gasteiger partial charge in [-0.1, -0.05) is 23.2 Å². The summed E-state index contributed by atoms with van der Waals surface area (Å²) in [7, 11) is 3.35. The van der Waals surface area contributed by atoms with Crippen molar-refractivity contribution in [2.45, 2.75) is 38.7 Å². The molecule has 4 heterocycles. The van der Waals surface area contributed by atoms with Gasteiger partial charge in [-0.2, -0.15) is 0 Å². The van der Waals surface area contributed by atoms with E-state index < -0.39 is 27.9 Å². The molecule has 0 unspecified atom stereocenters. The zero-order valence-electron chi connectivity index (χ0n) is 22.2. The molecular weight excluding hydrogens is 544 g/mol. The van der Waals surface area contributed by atoms with Gasteiger partial charge in [0.15, 0.2) is 15.7 Å². The molecule has 0 atom stereocenters. The van der Waals surface area contributed by atoms with Crippen molar-refractivity contribution in [3.8, 4) is 17.3 Å². The zero-order chi connectivity index (χ0) is 28.9. The molecule has 13 heteroatoms. The van der Waals surface area contributed by atoms with Crippen LogP contribution >= 0.6 is 23.2 Å². The van der Waals surface area contributed by atoms with Crippen LogP contribution in [-0.4, -0.2) is 39.9 Å². The van der Waals surface area contributed by atoms with Gasteiger partial charge in [0.05, 0.1) is 33.6 Å². The number of aromatic nitrogens is 4. The molecule has 0 aromatic carbocycles. The number of pyridine rings is 4. The largest absolute Gasteiger partial charge is 0.498 e. The highest BCUT2D eigenvalue weighted by Crippen LogP contribution is 2.32. The van der Waals surface area contributed by atoms with Crippen molar-refractivity contribution in [2.24, 2.45) is 0 Å². The van der Waals surface area contributed by atoms with Gasteiger partial charge in [0.1, 0.15) is 22.4 Å². The number of rotatable bonds is 6. The molecule has 0 radical (unpaired) electrons. The minimum atomic E-state index is -1.36. The molecule has 0 amide bonds. The van der Waals surface area contributed by atoms with E-state index >= 15 is 0 Å². The second kappa shape index (κ2) is 10.3. The van der Waals surface area contributed by atoms with Crippen LogP contribution in [0.4, 0.5) is 4.39 Å². The normalized spacial score (nSPS) is 12.0. The molecule has 200 valence electrons. The molecule has 8 nitrogen and oxygen atoms in total. The third kappa shape index (κ3) is 5.52. The van der Waals surface area contributed by atoms with E-state index in [1.54, 1.807) is 60.0 Å². The predicted molar refractivity (Wildman–Crippen MR) is 154 cm³/mol. The van der Waals surface area contributed by atoms with Crippen LogP contribution in [-0.2, 0) is 11.0 Å². The lowest BCUT2D eigenvalue weighted by molar-refractivity contribution is 0.0767. The fraction of sp³-hybridized carbons (Fsp3) is 0.231. The van der Waals surface area contributed by atoms with Crippen molar-refractivity contribution < 1.29 is 14.2 Å². The fourth-order valence-electron chi connectivity index (χ4n) is 4.25. The molecule has 0 aliphatic rings. The van der Waals surface area contributed by atoms with E-state index in [0.29, 0.717) is 16.9 Å². The Morgan fingerprint density at radius 1 is 1.05 bits per heavy atom. The average Bonchev–Trinajstić information content (AvgIpc) is 2.82. The Morgan fingerprint density at radius 3 is 2.38 bits per heavy atom. The standard InChI is InChI=1S/C26H25B2Cl2FN4O4/c1-13-11-32-20(34-7-5-6-16(23(34)36)25(3,4)38)10-18(13)35-14(2)8-19(21(30)24(35)37)39-26(27,28)22-17(29)9-15(31)12-33-22/h5-12,38H,27-28H2,1-4H3. The molecule has 4 aromatic rings. The summed E-state index contributed by atoms with van der Waals surface area (Å²) in [5.74, 6) is -0.228. The molecule has 0 spiro atoms. The van der Waals surface area contributed by atoms with Crippen LogP contribution in [0.1, 0.15) is 36.4 Å². The molecule has 0 bridgehead atoms. The Hall–Kier alpha value is -3.40. The number of halogens is 3. The number of nitrogens with zero attached hydrogens (tertiary/aromatic N) is 4. The second-order valence-electron chi connectivity index (χ2n) is 10.2. The van der Waals surface area contributed by atoms with Crippen molar-refractivity contribution in [1.82, 2.24) is 19.1 Å². The number of aryl methyl sites for hydroxylation is 2. The first-order valence-electron chi connectivity index (χ1n) is 12.0. The number of hydrogen-bond donors (Lipinski definition) is 1. The lowest BCUT2D eigenvalue weighted by Gasteiger charge is -2.28. The third-order valence-electron chi connectivity index (χ3n) is 6.20. The van der Waals surface area contributed by atoms with Crippen LogP contribution in [0, 0.1) is 19.7 Å². The number of aliphatic hydroxyl groups is 1. The van der Waals surface area contributed by atoms with Gasteiger partial charge >= 0.3 is 0 Å². The minimum Gasteiger partial charge on any atom is -0.498 e. The zero-order valence-corrected chi connectivity index (χ0v) is 23.7. The SMILES string of the molecule is BC(B)(Oc1cc(C)n(-c2cc(-n3cccc(C(C)(C)O)c3=O)ncc2C)c(=O)c1Cl)c1ncc(F)cc1Cl. The fourth-order valence-corrected chi connectivity index (χ4v) is 4.81. The lowest BCUT2D eigenvalue weighted by Crippen LogP contribution is -2.36. The highest BCUT2D eigenvalue weighted by molar-refractivity contribution is 6.41. The molecule has 4 rings (SSSR count). The highest BCUT2D eigenvalue weighted by Gasteiger charge is 2.29. The molecule has 0 aliphatic carbocycles. The topological polar surface area (TPSA) is 99.2 Å². The van der Waals surface area contributed by atoms with Crippen molar-refractivity contribution >= 4 is 38.9 Å². The maximum Gasteiger partial charge on any atom is 0.277 e. The van der Waals surface area contributed by atoms with Gasteiger partial charge < -0.3 is 9.84 Å². The van der Waals surface area contributed by atoms with Gasteiger partial charge in [-0.25, -0.2) is 9.37 Å². The monoisotopic (exact) mass is 568 g/mol. The van der Waals surface area contributed by atoms with Crippen LogP contribution in [0.2, 0.25) is 10.0 Å². The summed E-state index contributed by atoms with van der Waals surface area (Å²) >= 11 is 12.7. The van der Waals surface area contributed by atoms with Crippen LogP contribution in [0.25, 0.3) is 11.5 Å². The smallest absolute Gasteiger partial charge is 0.277 e. The Morgan fingerprint density at radius 2 is 1.74 bits per heavy atom. The number of hydrogen-bond acceptors (Lipinski definition) is 6. The summed E-state index contributed by atoms with van der Waals surface area (Å²) in [5.41, 5.74) is -0.270. The first-order chi connectivity index (χ1) is 18.1. The molecule has 0 aliphatic heterocycles. The Bertz CT molecular complexity index is 1720. The summed E-state index contributed by atoms with van der Waals surface area (Å²) < 4.78 is 22.3. The molecular formula is C26H25B2Cl2FN4O4. The first kappa shape index (κ1) is 28.6. The van der Waals surface area contributed by atoms with E-state index in [9.17, 15) is 19.1 Å². The molecule has 0 saturated heterocycles. The van der Waals surface area contributed by atoms with E-state index in [4.69, 9.17) is 27.9 Å². The maximum absolute atomic E-state index is 13.5. The van der Waals surface area contributed by atoms with E-state index in [1.807, 2.05) is 0 Å². The van der Waals surface area contributed by atoms with Crippen molar-refractivity contribution in [3.63, 3.8) is 0 Å². The molecule has 1 N–H and O–H groups in total. The highest BCUT2D eigenvalue weighted by atomic mass is 35.5. The Kier molecular flexibility index (Phi) is 7.55. The summed E-state index contributed by atoms with van der Waals surface area (Å²) in [6.07, 6.45) is 4.11. The van der Waals surface area contributed by atoms with E-state index in [0.717, 1.165) is 12.3 Å². The summed E-state index contributed by atoms with van der Waals surface area (Å²) in [6, 6.07) is 7.52. The van der Waals surface area contributed by atoms with E-state index in [2.05, 4.69) is 9.97 Å². The van der Waals surface area contributed by atoms with Crippen molar-refractivity contribution in [3.05, 3.63) is 108 Å². The molecule has 39 heavy (non-hydrogen) atoms. The van der Waals surface area contributed by atoms with Gasteiger partial charge in [0.25, 0.3) is 11.1 Å². The second-order valence-corrected chi connectivity index (χ2v) is 11.0. The first-order valence-corrected chi connectivity index (χ1v) is 12.7. The predicted octanol–water partition coefficient (Wildman–Crippen LogP) is 2.52. The third-order valence-corrected chi connectivity index (χ3v) is 6.83. The van der Waals surface area contributed by atoms with Crippen LogP contribution < -0.4 is 15.9 Å². The van der Waals surface area contributed by atoms with Crippen molar-refractivity contribution in [1.29, 1.82) is 0 Å². The van der Waals surface area contributed by atoms with Gasteiger partial charge in [0, 0.05) is 35.8 Å². The summed E-state index contributed by atoms with van der Waals surface area (Å²) in [6.45, 7) is 6.54. The van der Waals surface area contributed by atoms with Crippen molar-refractivity contribution in [2.75, 3.05) is 0 Å². The van der Waals surface area contributed by atoms with Gasteiger partial charge in [-0.15, -0.1) is 0 Å². The minimum absolute atomic E-state index is 0.0741. The van der Waals surface area contributed by atoms with Gasteiger partial charge in [0.2, 0.25) is 0 Å². The lowest BCUT2D eigenvalue weighted by atomic mass is 9.63. The molecule has 0 saturated carbocycles.